The second-order valence-electron chi connectivity index (χ2n) is 8.01. The Hall–Kier alpha value is -2.35. The van der Waals surface area contributed by atoms with Crippen molar-refractivity contribution < 1.29 is 14.3 Å². The zero-order valence-electron chi connectivity index (χ0n) is 18.7. The molecule has 168 valence electrons. The van der Waals surface area contributed by atoms with E-state index in [9.17, 15) is 9.59 Å². The smallest absolute Gasteiger partial charge is 0.340 e. The molecule has 0 atom stereocenters. The molecule has 0 unspecified atom stereocenters. The summed E-state index contributed by atoms with van der Waals surface area (Å²) >= 11 is 6.13. The first kappa shape index (κ1) is 23.3. The van der Waals surface area contributed by atoms with Gasteiger partial charge in [-0.25, -0.2) is 4.79 Å². The van der Waals surface area contributed by atoms with Gasteiger partial charge in [0.15, 0.2) is 0 Å². The molecule has 0 bridgehead atoms. The molecule has 7 nitrogen and oxygen atoms in total. The van der Waals surface area contributed by atoms with Crippen LogP contribution in [0.2, 0.25) is 5.02 Å². The van der Waals surface area contributed by atoms with Crippen LogP contribution < -0.4 is 5.32 Å². The lowest BCUT2D eigenvalue weighted by molar-refractivity contribution is -0.117. The molecule has 1 aromatic heterocycles. The number of nitrogens with one attached hydrogen (secondary N) is 1. The predicted molar refractivity (Wildman–Crippen MR) is 123 cm³/mol. The summed E-state index contributed by atoms with van der Waals surface area (Å²) in [6.07, 6.45) is 0.956. The lowest BCUT2D eigenvalue weighted by Crippen LogP contribution is -2.36. The molecule has 2 aromatic rings. The van der Waals surface area contributed by atoms with Crippen molar-refractivity contribution in [3.8, 4) is 0 Å². The fourth-order valence-corrected chi connectivity index (χ4v) is 4.29. The quantitative estimate of drug-likeness (QED) is 0.690. The number of ether oxygens (including phenoxy) is 1. The number of carbonyl (C=O) groups excluding carboxylic acids is 2. The maximum absolute atomic E-state index is 12.5. The van der Waals surface area contributed by atoms with Gasteiger partial charge in [0.25, 0.3) is 0 Å². The molecule has 2 heterocycles. The van der Waals surface area contributed by atoms with Crippen molar-refractivity contribution in [3.63, 3.8) is 0 Å². The predicted octanol–water partition coefficient (Wildman–Crippen LogP) is 3.23. The Balaban J connectivity index is 1.61. The van der Waals surface area contributed by atoms with Crippen LogP contribution in [0.3, 0.4) is 0 Å². The number of para-hydroxylation sites is 1. The Morgan fingerprint density at radius 1 is 1.06 bits per heavy atom. The van der Waals surface area contributed by atoms with E-state index in [1.54, 1.807) is 12.1 Å². The molecule has 1 aliphatic rings. The number of rotatable bonds is 6. The second-order valence-corrected chi connectivity index (χ2v) is 8.42. The molecular weight excluding hydrogens is 416 g/mol. The van der Waals surface area contributed by atoms with E-state index in [1.807, 2.05) is 37.6 Å². The number of aromatic nitrogens is 1. The maximum Gasteiger partial charge on any atom is 0.340 e. The molecule has 0 aliphatic carbocycles. The standard InChI is InChI=1S/C23H31ClN4O3/c1-16-18(22(23(30)31-4)17(2)26(16)3)14-27-10-7-11-28(13-12-27)15-21(29)25-20-9-6-5-8-19(20)24/h5-6,8-9H,7,10-15H2,1-4H3,(H,25,29). The Bertz CT molecular complexity index is 957. The third-order valence-corrected chi connectivity index (χ3v) is 6.40. The number of hydrogen-bond donors (Lipinski definition) is 1. The van der Waals surface area contributed by atoms with Crippen molar-refractivity contribution in [3.05, 3.63) is 51.8 Å². The summed E-state index contributed by atoms with van der Waals surface area (Å²) in [5.74, 6) is -0.354. The topological polar surface area (TPSA) is 66.8 Å². The van der Waals surface area contributed by atoms with Crippen molar-refractivity contribution in [2.45, 2.75) is 26.8 Å². The minimum absolute atomic E-state index is 0.0657. The van der Waals surface area contributed by atoms with Gasteiger partial charge in [0.1, 0.15) is 0 Å². The summed E-state index contributed by atoms with van der Waals surface area (Å²) in [4.78, 5) is 29.3. The van der Waals surface area contributed by atoms with Gasteiger partial charge in [0, 0.05) is 43.6 Å². The van der Waals surface area contributed by atoms with Crippen LogP contribution in [-0.4, -0.2) is 66.1 Å². The van der Waals surface area contributed by atoms with Gasteiger partial charge >= 0.3 is 5.97 Å². The fourth-order valence-electron chi connectivity index (χ4n) is 4.11. The Kier molecular flexibility index (Phi) is 7.75. The van der Waals surface area contributed by atoms with Crippen molar-refractivity contribution in [2.24, 2.45) is 7.05 Å². The normalized spacial score (nSPS) is 15.5. The first-order valence-electron chi connectivity index (χ1n) is 10.5. The molecule has 1 aromatic carbocycles. The molecule has 1 amide bonds. The van der Waals surface area contributed by atoms with E-state index < -0.39 is 0 Å². The highest BCUT2D eigenvalue weighted by molar-refractivity contribution is 6.33. The molecule has 3 rings (SSSR count). The Morgan fingerprint density at radius 2 is 1.74 bits per heavy atom. The highest BCUT2D eigenvalue weighted by atomic mass is 35.5. The van der Waals surface area contributed by atoms with Crippen molar-refractivity contribution >= 4 is 29.2 Å². The van der Waals surface area contributed by atoms with E-state index in [0.29, 0.717) is 29.4 Å². The molecule has 1 fully saturated rings. The first-order chi connectivity index (χ1) is 14.8. The molecule has 0 saturated carbocycles. The van der Waals surface area contributed by atoms with Gasteiger partial charge < -0.3 is 14.6 Å². The molecule has 1 saturated heterocycles. The zero-order valence-corrected chi connectivity index (χ0v) is 19.5. The van der Waals surface area contributed by atoms with Gasteiger partial charge in [-0.1, -0.05) is 23.7 Å². The summed E-state index contributed by atoms with van der Waals surface area (Å²) in [7, 11) is 3.40. The van der Waals surface area contributed by atoms with Crippen LogP contribution in [-0.2, 0) is 23.1 Å². The Morgan fingerprint density at radius 3 is 2.45 bits per heavy atom. The lowest BCUT2D eigenvalue weighted by atomic mass is 10.1. The third-order valence-electron chi connectivity index (χ3n) is 6.07. The number of benzene rings is 1. The van der Waals surface area contributed by atoms with Gasteiger partial charge in [-0.15, -0.1) is 0 Å². The van der Waals surface area contributed by atoms with Crippen LogP contribution in [0.25, 0.3) is 0 Å². The van der Waals surface area contributed by atoms with E-state index in [0.717, 1.165) is 49.6 Å². The molecular formula is C23H31ClN4O3. The molecule has 31 heavy (non-hydrogen) atoms. The van der Waals surface area contributed by atoms with Gasteiger partial charge in [-0.3, -0.25) is 14.6 Å². The van der Waals surface area contributed by atoms with Crippen LogP contribution in [0.15, 0.2) is 24.3 Å². The molecule has 0 radical (unpaired) electrons. The summed E-state index contributed by atoms with van der Waals surface area (Å²) in [6, 6.07) is 7.24. The molecule has 1 aliphatic heterocycles. The zero-order chi connectivity index (χ0) is 22.5. The average Bonchev–Trinajstić information content (AvgIpc) is 2.90. The van der Waals surface area contributed by atoms with E-state index in [4.69, 9.17) is 16.3 Å². The number of anilines is 1. The van der Waals surface area contributed by atoms with Crippen molar-refractivity contribution in [1.29, 1.82) is 0 Å². The highest BCUT2D eigenvalue weighted by Crippen LogP contribution is 2.24. The second kappa shape index (κ2) is 10.3. The number of halogens is 1. The number of hydrogen-bond acceptors (Lipinski definition) is 5. The highest BCUT2D eigenvalue weighted by Gasteiger charge is 2.25. The lowest BCUT2D eigenvalue weighted by Gasteiger charge is -2.22. The van der Waals surface area contributed by atoms with Crippen molar-refractivity contribution in [2.75, 3.05) is 45.2 Å². The summed E-state index contributed by atoms with van der Waals surface area (Å²) in [5, 5.41) is 3.43. The minimum Gasteiger partial charge on any atom is -0.465 e. The SMILES string of the molecule is COC(=O)c1c(CN2CCCN(CC(=O)Nc3ccccc3Cl)CC2)c(C)n(C)c1C. The molecule has 1 N–H and O–H groups in total. The number of esters is 1. The summed E-state index contributed by atoms with van der Waals surface area (Å²) < 4.78 is 7.07. The monoisotopic (exact) mass is 446 g/mol. The van der Waals surface area contributed by atoms with Gasteiger partial charge in [0.05, 0.1) is 29.9 Å². The van der Waals surface area contributed by atoms with Crippen LogP contribution in [0.1, 0.15) is 33.7 Å². The maximum atomic E-state index is 12.5. The van der Waals surface area contributed by atoms with E-state index in [-0.39, 0.29) is 11.9 Å². The van der Waals surface area contributed by atoms with Gasteiger partial charge in [-0.2, -0.15) is 0 Å². The van der Waals surface area contributed by atoms with E-state index >= 15 is 0 Å². The van der Waals surface area contributed by atoms with Crippen molar-refractivity contribution in [1.82, 2.24) is 14.4 Å². The van der Waals surface area contributed by atoms with Crippen LogP contribution in [0.5, 0.6) is 0 Å². The van der Waals surface area contributed by atoms with E-state index in [1.165, 1.54) is 7.11 Å². The average molecular weight is 447 g/mol. The largest absolute Gasteiger partial charge is 0.465 e. The fraction of sp³-hybridized carbons (Fsp3) is 0.478. The van der Waals surface area contributed by atoms with Crippen LogP contribution in [0.4, 0.5) is 5.69 Å². The number of carbonyl (C=O) groups is 2. The first-order valence-corrected chi connectivity index (χ1v) is 10.9. The Labute approximate surface area is 188 Å². The van der Waals surface area contributed by atoms with Gasteiger partial charge in [-0.05, 0) is 45.5 Å². The van der Waals surface area contributed by atoms with Crippen LogP contribution >= 0.6 is 11.6 Å². The number of amides is 1. The summed E-state index contributed by atoms with van der Waals surface area (Å²) in [6.45, 7) is 8.39. The third kappa shape index (κ3) is 5.47. The van der Waals surface area contributed by atoms with Crippen LogP contribution in [0, 0.1) is 13.8 Å². The van der Waals surface area contributed by atoms with E-state index in [2.05, 4.69) is 15.1 Å². The molecule has 8 heteroatoms. The van der Waals surface area contributed by atoms with Gasteiger partial charge in [0.2, 0.25) is 5.91 Å². The summed E-state index contributed by atoms with van der Waals surface area (Å²) in [5.41, 5.74) is 4.33. The number of methoxy groups -OCH3 is 1. The molecule has 0 spiro atoms. The number of nitrogens with zero attached hydrogens (tertiary/aromatic N) is 3. The minimum atomic E-state index is -0.288.